The first kappa shape index (κ1) is 14.3. The maximum absolute atomic E-state index is 12.4. The Balaban J connectivity index is 2.30. The SMILES string of the molecule is CCc1cccc(C)c1NC(=O)c1ccc(C)c(C)c1. The van der Waals surface area contributed by atoms with E-state index in [1.54, 1.807) is 0 Å². The largest absolute Gasteiger partial charge is 0.321 e. The minimum Gasteiger partial charge on any atom is -0.321 e. The number of nitrogens with one attached hydrogen (secondary N) is 1. The third-order valence-electron chi connectivity index (χ3n) is 3.75. The highest BCUT2D eigenvalue weighted by molar-refractivity contribution is 6.05. The molecule has 0 saturated carbocycles. The predicted molar refractivity (Wildman–Crippen MR) is 84.4 cm³/mol. The summed E-state index contributed by atoms with van der Waals surface area (Å²) < 4.78 is 0. The van der Waals surface area contributed by atoms with Gasteiger partial charge in [-0.05, 0) is 61.6 Å². The van der Waals surface area contributed by atoms with Gasteiger partial charge in [0.05, 0.1) is 0 Å². The number of anilines is 1. The van der Waals surface area contributed by atoms with E-state index in [4.69, 9.17) is 0 Å². The molecule has 2 aromatic rings. The number of carbonyl (C=O) groups excluding carboxylic acids is 1. The van der Waals surface area contributed by atoms with Crippen LogP contribution < -0.4 is 5.32 Å². The van der Waals surface area contributed by atoms with Gasteiger partial charge in [0, 0.05) is 11.3 Å². The highest BCUT2D eigenvalue weighted by Crippen LogP contribution is 2.22. The molecule has 0 saturated heterocycles. The minimum atomic E-state index is -0.0444. The molecule has 0 heterocycles. The molecule has 0 spiro atoms. The summed E-state index contributed by atoms with van der Waals surface area (Å²) in [6.45, 7) is 8.19. The van der Waals surface area contributed by atoms with Crippen molar-refractivity contribution in [1.29, 1.82) is 0 Å². The van der Waals surface area contributed by atoms with Gasteiger partial charge in [-0.1, -0.05) is 31.2 Å². The number of para-hydroxylation sites is 1. The van der Waals surface area contributed by atoms with Crippen LogP contribution in [0, 0.1) is 20.8 Å². The van der Waals surface area contributed by atoms with E-state index in [-0.39, 0.29) is 5.91 Å². The molecule has 0 unspecified atom stereocenters. The molecule has 1 N–H and O–H groups in total. The summed E-state index contributed by atoms with van der Waals surface area (Å²) in [5.41, 5.74) is 6.25. The van der Waals surface area contributed by atoms with E-state index in [0.29, 0.717) is 5.56 Å². The molecule has 0 fully saturated rings. The highest BCUT2D eigenvalue weighted by atomic mass is 16.1. The standard InChI is InChI=1S/C18H21NO/c1-5-15-8-6-7-13(3)17(15)19-18(20)16-10-9-12(2)14(4)11-16/h6-11H,5H2,1-4H3,(H,19,20). The molecule has 0 bridgehead atoms. The number of rotatable bonds is 3. The Bertz CT molecular complexity index is 644. The average Bonchev–Trinajstić information content (AvgIpc) is 2.44. The van der Waals surface area contributed by atoms with Crippen LogP contribution in [0.4, 0.5) is 5.69 Å². The third-order valence-corrected chi connectivity index (χ3v) is 3.75. The Hall–Kier alpha value is -2.09. The van der Waals surface area contributed by atoms with Crippen LogP contribution in [0.3, 0.4) is 0 Å². The lowest BCUT2D eigenvalue weighted by atomic mass is 10.0. The van der Waals surface area contributed by atoms with Gasteiger partial charge >= 0.3 is 0 Å². The van der Waals surface area contributed by atoms with Crippen molar-refractivity contribution in [3.63, 3.8) is 0 Å². The molecule has 2 aromatic carbocycles. The van der Waals surface area contributed by atoms with Crippen molar-refractivity contribution in [1.82, 2.24) is 0 Å². The van der Waals surface area contributed by atoms with Crippen LogP contribution in [0.2, 0.25) is 0 Å². The van der Waals surface area contributed by atoms with Gasteiger partial charge in [-0.15, -0.1) is 0 Å². The zero-order chi connectivity index (χ0) is 14.7. The quantitative estimate of drug-likeness (QED) is 0.876. The fourth-order valence-corrected chi connectivity index (χ4v) is 2.27. The maximum Gasteiger partial charge on any atom is 0.255 e. The molecule has 2 nitrogen and oxygen atoms in total. The first-order chi connectivity index (χ1) is 9.52. The topological polar surface area (TPSA) is 29.1 Å². The zero-order valence-corrected chi connectivity index (χ0v) is 12.6. The van der Waals surface area contributed by atoms with Gasteiger partial charge in [0.2, 0.25) is 0 Å². The fourth-order valence-electron chi connectivity index (χ4n) is 2.27. The molecule has 20 heavy (non-hydrogen) atoms. The van der Waals surface area contributed by atoms with Crippen LogP contribution in [0.15, 0.2) is 36.4 Å². The van der Waals surface area contributed by atoms with Crippen molar-refractivity contribution in [2.24, 2.45) is 0 Å². The lowest BCUT2D eigenvalue weighted by molar-refractivity contribution is 0.102. The second-order valence-electron chi connectivity index (χ2n) is 5.22. The van der Waals surface area contributed by atoms with E-state index in [1.165, 1.54) is 11.1 Å². The lowest BCUT2D eigenvalue weighted by Crippen LogP contribution is -2.14. The van der Waals surface area contributed by atoms with E-state index >= 15 is 0 Å². The number of aryl methyl sites for hydroxylation is 4. The van der Waals surface area contributed by atoms with Gasteiger partial charge in [-0.2, -0.15) is 0 Å². The van der Waals surface area contributed by atoms with Crippen LogP contribution in [-0.4, -0.2) is 5.91 Å². The minimum absolute atomic E-state index is 0.0444. The molecule has 104 valence electrons. The van der Waals surface area contributed by atoms with Crippen molar-refractivity contribution in [2.75, 3.05) is 5.32 Å². The summed E-state index contributed by atoms with van der Waals surface area (Å²) in [6, 6.07) is 11.9. The Labute approximate surface area is 120 Å². The molecular weight excluding hydrogens is 246 g/mol. The highest BCUT2D eigenvalue weighted by Gasteiger charge is 2.11. The number of hydrogen-bond donors (Lipinski definition) is 1. The van der Waals surface area contributed by atoms with Crippen molar-refractivity contribution < 1.29 is 4.79 Å². The molecule has 0 radical (unpaired) electrons. The van der Waals surface area contributed by atoms with E-state index in [9.17, 15) is 4.79 Å². The van der Waals surface area contributed by atoms with Crippen LogP contribution in [0.5, 0.6) is 0 Å². The lowest BCUT2D eigenvalue weighted by Gasteiger charge is -2.13. The Kier molecular flexibility index (Phi) is 4.23. The summed E-state index contributed by atoms with van der Waals surface area (Å²) in [7, 11) is 0. The summed E-state index contributed by atoms with van der Waals surface area (Å²) in [6.07, 6.45) is 0.907. The average molecular weight is 267 g/mol. The Morgan fingerprint density at radius 1 is 1.00 bits per heavy atom. The van der Waals surface area contributed by atoms with Crippen molar-refractivity contribution in [3.8, 4) is 0 Å². The van der Waals surface area contributed by atoms with Crippen molar-refractivity contribution in [2.45, 2.75) is 34.1 Å². The monoisotopic (exact) mass is 267 g/mol. The Morgan fingerprint density at radius 2 is 1.75 bits per heavy atom. The number of benzene rings is 2. The van der Waals surface area contributed by atoms with Gasteiger partial charge < -0.3 is 5.32 Å². The van der Waals surface area contributed by atoms with Gasteiger partial charge in [-0.25, -0.2) is 0 Å². The fraction of sp³-hybridized carbons (Fsp3) is 0.278. The zero-order valence-electron chi connectivity index (χ0n) is 12.6. The molecule has 1 amide bonds. The van der Waals surface area contributed by atoms with Crippen LogP contribution in [0.1, 0.15) is 39.5 Å². The second-order valence-corrected chi connectivity index (χ2v) is 5.22. The van der Waals surface area contributed by atoms with Crippen molar-refractivity contribution >= 4 is 11.6 Å². The molecule has 0 atom stereocenters. The maximum atomic E-state index is 12.4. The first-order valence-corrected chi connectivity index (χ1v) is 7.00. The molecule has 2 heteroatoms. The van der Waals surface area contributed by atoms with E-state index in [2.05, 4.69) is 18.3 Å². The van der Waals surface area contributed by atoms with Crippen molar-refractivity contribution in [3.05, 3.63) is 64.2 Å². The summed E-state index contributed by atoms with van der Waals surface area (Å²) in [5, 5.41) is 3.05. The smallest absolute Gasteiger partial charge is 0.255 e. The van der Waals surface area contributed by atoms with E-state index in [1.807, 2.05) is 51.1 Å². The summed E-state index contributed by atoms with van der Waals surface area (Å²) in [4.78, 5) is 12.4. The van der Waals surface area contributed by atoms with Gasteiger partial charge in [0.1, 0.15) is 0 Å². The van der Waals surface area contributed by atoms with Crippen LogP contribution >= 0.6 is 0 Å². The first-order valence-electron chi connectivity index (χ1n) is 7.00. The summed E-state index contributed by atoms with van der Waals surface area (Å²) in [5.74, 6) is -0.0444. The molecule has 0 aliphatic rings. The second kappa shape index (κ2) is 5.91. The number of amides is 1. The van der Waals surface area contributed by atoms with Gasteiger partial charge in [0.15, 0.2) is 0 Å². The van der Waals surface area contributed by atoms with Gasteiger partial charge in [-0.3, -0.25) is 4.79 Å². The van der Waals surface area contributed by atoms with Crippen LogP contribution in [0.25, 0.3) is 0 Å². The third kappa shape index (κ3) is 2.90. The molecule has 0 aromatic heterocycles. The molecule has 0 aliphatic heterocycles. The predicted octanol–water partition coefficient (Wildman–Crippen LogP) is 4.43. The number of carbonyl (C=O) groups is 1. The van der Waals surface area contributed by atoms with Crippen LogP contribution in [-0.2, 0) is 6.42 Å². The molecular formula is C18H21NO. The Morgan fingerprint density at radius 3 is 2.40 bits per heavy atom. The van der Waals surface area contributed by atoms with E-state index < -0.39 is 0 Å². The molecule has 2 rings (SSSR count). The summed E-state index contributed by atoms with van der Waals surface area (Å²) >= 11 is 0. The molecule has 0 aliphatic carbocycles. The number of hydrogen-bond acceptors (Lipinski definition) is 1. The normalized spacial score (nSPS) is 10.4. The van der Waals surface area contributed by atoms with E-state index in [0.717, 1.165) is 23.2 Å². The van der Waals surface area contributed by atoms with Gasteiger partial charge in [0.25, 0.3) is 5.91 Å².